The van der Waals surface area contributed by atoms with E-state index in [1.807, 2.05) is 24.3 Å². The molecule has 1 aliphatic rings. The van der Waals surface area contributed by atoms with Crippen molar-refractivity contribution in [2.75, 3.05) is 10.8 Å². The van der Waals surface area contributed by atoms with Crippen LogP contribution in [0.25, 0.3) is 0 Å². The Morgan fingerprint density at radius 1 is 1.18 bits per heavy atom. The molecule has 0 fully saturated rings. The molecule has 1 heterocycles. The summed E-state index contributed by atoms with van der Waals surface area (Å²) in [5.74, 6) is -0.235. The van der Waals surface area contributed by atoms with Crippen molar-refractivity contribution in [1.82, 2.24) is 0 Å². The highest BCUT2D eigenvalue weighted by molar-refractivity contribution is 9.10. The monoisotopic (exact) mass is 465 g/mol. The van der Waals surface area contributed by atoms with Gasteiger partial charge in [-0.1, -0.05) is 48.8 Å². The quantitative estimate of drug-likeness (QED) is 0.605. The molecule has 3 rings (SSSR count). The number of carbonyl (C=O) groups is 1. The minimum atomic E-state index is -3.73. The molecule has 0 saturated carbocycles. The van der Waals surface area contributed by atoms with Crippen LogP contribution < -0.4 is 4.31 Å². The van der Waals surface area contributed by atoms with Gasteiger partial charge in [-0.05, 0) is 53.8 Å². The molecule has 0 saturated heterocycles. The maximum atomic E-state index is 13.4. The maximum absolute atomic E-state index is 13.4. The van der Waals surface area contributed by atoms with Crippen molar-refractivity contribution in [1.29, 1.82) is 0 Å². The second-order valence-electron chi connectivity index (χ2n) is 8.06. The number of ether oxygens (including phenoxy) is 1. The fourth-order valence-corrected chi connectivity index (χ4v) is 5.39. The number of carbonyl (C=O) groups excluding carboxylic acids is 1. The summed E-state index contributed by atoms with van der Waals surface area (Å²) in [6.45, 7) is 8.67. The van der Waals surface area contributed by atoms with Crippen LogP contribution in [0, 0.1) is 0 Å². The molecule has 0 bridgehead atoms. The summed E-state index contributed by atoms with van der Waals surface area (Å²) in [7, 11) is -3.73. The Labute approximate surface area is 174 Å². The Balaban J connectivity index is 2.02. The SMILES string of the molecule is CC(OC=O)C1CN(S(=O)(=O)c2ccc(C(C)(C)C)cc2)c2ccc(Br)cc21. The topological polar surface area (TPSA) is 63.7 Å². The number of sulfonamides is 1. The molecule has 5 nitrogen and oxygen atoms in total. The van der Waals surface area contributed by atoms with E-state index in [2.05, 4.69) is 36.7 Å². The summed E-state index contributed by atoms with van der Waals surface area (Å²) in [6, 6.07) is 12.5. The molecule has 0 aliphatic carbocycles. The third-order valence-electron chi connectivity index (χ3n) is 5.17. The molecule has 2 atom stereocenters. The van der Waals surface area contributed by atoms with Crippen LogP contribution in [0.1, 0.15) is 44.7 Å². The molecule has 150 valence electrons. The zero-order chi connectivity index (χ0) is 20.7. The van der Waals surface area contributed by atoms with Crippen molar-refractivity contribution >= 4 is 38.1 Å². The number of halogens is 1. The van der Waals surface area contributed by atoms with Crippen molar-refractivity contribution in [3.05, 3.63) is 58.1 Å². The molecular formula is C21H24BrNO4S. The first kappa shape index (κ1) is 20.9. The van der Waals surface area contributed by atoms with Crippen LogP contribution in [0.15, 0.2) is 51.8 Å². The van der Waals surface area contributed by atoms with Gasteiger partial charge in [0.05, 0.1) is 10.6 Å². The van der Waals surface area contributed by atoms with Crippen LogP contribution in [-0.2, 0) is 25.0 Å². The molecule has 2 aromatic carbocycles. The van der Waals surface area contributed by atoms with Gasteiger partial charge < -0.3 is 4.74 Å². The van der Waals surface area contributed by atoms with Crippen LogP contribution in [-0.4, -0.2) is 27.5 Å². The van der Waals surface area contributed by atoms with Crippen LogP contribution >= 0.6 is 15.9 Å². The smallest absolute Gasteiger partial charge is 0.293 e. The summed E-state index contributed by atoms with van der Waals surface area (Å²) >= 11 is 3.44. The summed E-state index contributed by atoms with van der Waals surface area (Å²) in [4.78, 5) is 11.0. The molecule has 1 aliphatic heterocycles. The number of hydrogen-bond acceptors (Lipinski definition) is 4. The van der Waals surface area contributed by atoms with Crippen molar-refractivity contribution in [3.63, 3.8) is 0 Å². The summed E-state index contributed by atoms with van der Waals surface area (Å²) in [5.41, 5.74) is 2.48. The van der Waals surface area contributed by atoms with Gasteiger partial charge in [0.1, 0.15) is 6.10 Å². The van der Waals surface area contributed by atoms with Crippen molar-refractivity contribution < 1.29 is 17.9 Å². The van der Waals surface area contributed by atoms with Crippen LogP contribution in [0.3, 0.4) is 0 Å². The van der Waals surface area contributed by atoms with E-state index >= 15 is 0 Å². The normalized spacial score (nSPS) is 17.9. The first-order valence-corrected chi connectivity index (χ1v) is 11.3. The average Bonchev–Trinajstić information content (AvgIpc) is 3.01. The van der Waals surface area contributed by atoms with Gasteiger partial charge in [-0.25, -0.2) is 8.42 Å². The van der Waals surface area contributed by atoms with E-state index < -0.39 is 16.1 Å². The van der Waals surface area contributed by atoms with Crippen molar-refractivity contribution in [2.24, 2.45) is 0 Å². The highest BCUT2D eigenvalue weighted by Gasteiger charge is 2.39. The van der Waals surface area contributed by atoms with Crippen LogP contribution in [0.5, 0.6) is 0 Å². The highest BCUT2D eigenvalue weighted by Crippen LogP contribution is 2.43. The Morgan fingerprint density at radius 2 is 1.82 bits per heavy atom. The Morgan fingerprint density at radius 3 is 2.39 bits per heavy atom. The predicted octanol–water partition coefficient (Wildman–Crippen LogP) is 4.60. The molecule has 0 radical (unpaired) electrons. The lowest BCUT2D eigenvalue weighted by molar-refractivity contribution is -0.133. The van der Waals surface area contributed by atoms with E-state index in [0.717, 1.165) is 15.6 Å². The largest absolute Gasteiger partial charge is 0.464 e. The molecule has 28 heavy (non-hydrogen) atoms. The standard InChI is InChI=1S/C21H24BrNO4S/c1-14(27-13-24)19-12-23(20-10-7-16(22)11-18(19)20)28(25,26)17-8-5-15(6-9-17)21(2,3)4/h5-11,13-14,19H,12H2,1-4H3. The molecule has 0 N–H and O–H groups in total. The predicted molar refractivity (Wildman–Crippen MR) is 113 cm³/mol. The van der Waals surface area contributed by atoms with E-state index in [9.17, 15) is 13.2 Å². The molecule has 2 aromatic rings. The van der Waals surface area contributed by atoms with Gasteiger partial charge >= 0.3 is 0 Å². The van der Waals surface area contributed by atoms with E-state index in [4.69, 9.17) is 4.74 Å². The number of benzene rings is 2. The molecule has 2 unspecified atom stereocenters. The molecular weight excluding hydrogens is 442 g/mol. The zero-order valence-electron chi connectivity index (χ0n) is 16.3. The summed E-state index contributed by atoms with van der Waals surface area (Å²) < 4.78 is 34.1. The number of hydrogen-bond donors (Lipinski definition) is 0. The number of anilines is 1. The number of rotatable bonds is 5. The minimum Gasteiger partial charge on any atom is -0.464 e. The minimum absolute atomic E-state index is 0.0541. The number of nitrogens with zero attached hydrogens (tertiary/aromatic N) is 1. The van der Waals surface area contributed by atoms with Crippen LogP contribution in [0.2, 0.25) is 0 Å². The molecule has 0 spiro atoms. The third-order valence-corrected chi connectivity index (χ3v) is 7.45. The van der Waals surface area contributed by atoms with Crippen LogP contribution in [0.4, 0.5) is 5.69 Å². The van der Waals surface area contributed by atoms with E-state index in [0.29, 0.717) is 12.2 Å². The Kier molecular flexibility index (Phi) is 5.60. The lowest BCUT2D eigenvalue weighted by Crippen LogP contribution is -2.32. The zero-order valence-corrected chi connectivity index (χ0v) is 18.7. The lowest BCUT2D eigenvalue weighted by Gasteiger charge is -2.23. The average molecular weight is 466 g/mol. The van der Waals surface area contributed by atoms with Gasteiger partial charge in [0.25, 0.3) is 16.5 Å². The van der Waals surface area contributed by atoms with Gasteiger partial charge in [0, 0.05) is 16.9 Å². The third kappa shape index (κ3) is 3.82. The second-order valence-corrected chi connectivity index (χ2v) is 10.8. The van der Waals surface area contributed by atoms with Gasteiger partial charge in [0.15, 0.2) is 0 Å². The summed E-state index contributed by atoms with van der Waals surface area (Å²) in [5, 5.41) is 0. The Hall–Kier alpha value is -1.86. The first-order valence-electron chi connectivity index (χ1n) is 9.07. The summed E-state index contributed by atoms with van der Waals surface area (Å²) in [6.07, 6.45) is -0.436. The van der Waals surface area contributed by atoms with Crippen molar-refractivity contribution in [2.45, 2.75) is 50.0 Å². The van der Waals surface area contributed by atoms with E-state index in [1.54, 1.807) is 25.1 Å². The second kappa shape index (κ2) is 7.52. The van der Waals surface area contributed by atoms with Gasteiger partial charge in [0.2, 0.25) is 0 Å². The molecule has 7 heteroatoms. The highest BCUT2D eigenvalue weighted by atomic mass is 79.9. The Bertz CT molecular complexity index is 980. The van der Waals surface area contributed by atoms with E-state index in [-0.39, 0.29) is 22.8 Å². The fourth-order valence-electron chi connectivity index (χ4n) is 3.49. The fraction of sp³-hybridized carbons (Fsp3) is 0.381. The van der Waals surface area contributed by atoms with Gasteiger partial charge in [-0.2, -0.15) is 0 Å². The maximum Gasteiger partial charge on any atom is 0.293 e. The van der Waals surface area contributed by atoms with Crippen molar-refractivity contribution in [3.8, 4) is 0 Å². The molecule has 0 aromatic heterocycles. The van der Waals surface area contributed by atoms with E-state index in [1.165, 1.54) is 4.31 Å². The van der Waals surface area contributed by atoms with Gasteiger partial charge in [-0.3, -0.25) is 9.10 Å². The van der Waals surface area contributed by atoms with Gasteiger partial charge in [-0.15, -0.1) is 0 Å². The molecule has 0 amide bonds. The lowest BCUT2D eigenvalue weighted by atomic mass is 9.87. The number of fused-ring (bicyclic) bond motifs is 1. The first-order chi connectivity index (χ1) is 13.1.